The number of Topliss-reactive ketones (excluding diaryl/α,β-unsaturated/α-hetero) is 1. The molecule has 0 bridgehead atoms. The van der Waals surface area contributed by atoms with Crippen LogP contribution in [-0.2, 0) is 23.9 Å². The van der Waals surface area contributed by atoms with Crippen molar-refractivity contribution in [2.24, 2.45) is 4.99 Å². The van der Waals surface area contributed by atoms with E-state index in [1.54, 1.807) is 6.92 Å². The zero-order valence-electron chi connectivity index (χ0n) is 10.4. The maximum atomic E-state index is 11.2. The van der Waals surface area contributed by atoms with Gasteiger partial charge in [-0.05, 0) is 12.5 Å². The van der Waals surface area contributed by atoms with Crippen LogP contribution in [0.2, 0.25) is 0 Å². The van der Waals surface area contributed by atoms with Crippen molar-refractivity contribution in [1.29, 1.82) is 0 Å². The van der Waals surface area contributed by atoms with Crippen molar-refractivity contribution in [1.82, 2.24) is 0 Å². The van der Waals surface area contributed by atoms with Gasteiger partial charge in [-0.3, -0.25) is 19.4 Å². The first kappa shape index (κ1) is 14.1. The zero-order valence-corrected chi connectivity index (χ0v) is 10.4. The summed E-state index contributed by atoms with van der Waals surface area (Å²) in [6.45, 7) is 3.36. The first-order chi connectivity index (χ1) is 8.52. The summed E-state index contributed by atoms with van der Waals surface area (Å²) < 4.78 is 9.49. The summed E-state index contributed by atoms with van der Waals surface area (Å²) in [5, 5.41) is 0. The summed E-state index contributed by atoms with van der Waals surface area (Å²) in [5.74, 6) is -1.35. The summed E-state index contributed by atoms with van der Waals surface area (Å²) in [5.41, 5.74) is 1.18. The highest BCUT2D eigenvalue weighted by Gasteiger charge is 2.17. The van der Waals surface area contributed by atoms with E-state index in [1.807, 2.05) is 0 Å². The Morgan fingerprint density at radius 3 is 2.50 bits per heavy atom. The second kappa shape index (κ2) is 6.68. The summed E-state index contributed by atoms with van der Waals surface area (Å²) in [6.07, 6.45) is 1.50. The van der Waals surface area contributed by atoms with Crippen molar-refractivity contribution in [3.8, 4) is 0 Å². The van der Waals surface area contributed by atoms with Gasteiger partial charge in [-0.2, -0.15) is 0 Å². The molecule has 0 aliphatic carbocycles. The average Bonchev–Trinajstić information content (AvgIpc) is 2.75. The first-order valence-corrected chi connectivity index (χ1v) is 5.59. The van der Waals surface area contributed by atoms with Crippen LogP contribution in [0.1, 0.15) is 26.7 Å². The van der Waals surface area contributed by atoms with Gasteiger partial charge in [-0.15, -0.1) is 0 Å². The fourth-order valence-electron chi connectivity index (χ4n) is 1.33. The standard InChI is InChI=1S/C12H15NO5/c1-3-17-11(15)5-12(16)18-7-9-4-10(8(2)14)13-6-9/h6H,3-5,7H2,1-2H3. The lowest BCUT2D eigenvalue weighted by atomic mass is 10.1. The van der Waals surface area contributed by atoms with Gasteiger partial charge in [0.1, 0.15) is 13.0 Å². The second-order valence-electron chi connectivity index (χ2n) is 3.74. The molecule has 1 aliphatic rings. The molecule has 98 valence electrons. The highest BCUT2D eigenvalue weighted by atomic mass is 16.6. The van der Waals surface area contributed by atoms with Crippen LogP contribution in [0.3, 0.4) is 0 Å². The largest absolute Gasteiger partial charge is 0.466 e. The van der Waals surface area contributed by atoms with E-state index in [9.17, 15) is 14.4 Å². The van der Waals surface area contributed by atoms with Crippen molar-refractivity contribution >= 4 is 23.4 Å². The maximum Gasteiger partial charge on any atom is 0.317 e. The quantitative estimate of drug-likeness (QED) is 0.516. The third kappa shape index (κ3) is 4.48. The second-order valence-corrected chi connectivity index (χ2v) is 3.74. The van der Waals surface area contributed by atoms with E-state index in [2.05, 4.69) is 9.73 Å². The number of aliphatic imine (C=N–C) groups is 1. The number of ketones is 1. The molecule has 0 spiro atoms. The van der Waals surface area contributed by atoms with Crippen molar-refractivity contribution in [3.63, 3.8) is 0 Å². The third-order valence-corrected chi connectivity index (χ3v) is 2.22. The van der Waals surface area contributed by atoms with Crippen LogP contribution in [0.15, 0.2) is 16.8 Å². The number of carbonyl (C=O) groups is 3. The monoisotopic (exact) mass is 253 g/mol. The lowest BCUT2D eigenvalue weighted by Crippen LogP contribution is -2.15. The number of hydrogen-bond donors (Lipinski definition) is 0. The summed E-state index contributed by atoms with van der Waals surface area (Å²) in [7, 11) is 0. The Kier molecular flexibility index (Phi) is 5.23. The summed E-state index contributed by atoms with van der Waals surface area (Å²) >= 11 is 0. The van der Waals surface area contributed by atoms with Crippen molar-refractivity contribution < 1.29 is 23.9 Å². The van der Waals surface area contributed by atoms with E-state index in [0.29, 0.717) is 12.1 Å². The molecule has 0 N–H and O–H groups in total. The third-order valence-electron chi connectivity index (χ3n) is 2.22. The van der Waals surface area contributed by atoms with E-state index in [4.69, 9.17) is 4.74 Å². The average molecular weight is 253 g/mol. The molecule has 6 nitrogen and oxygen atoms in total. The predicted molar refractivity (Wildman–Crippen MR) is 63.0 cm³/mol. The van der Waals surface area contributed by atoms with Gasteiger partial charge in [0.2, 0.25) is 0 Å². The van der Waals surface area contributed by atoms with Gasteiger partial charge in [0.15, 0.2) is 5.78 Å². The van der Waals surface area contributed by atoms with Gasteiger partial charge in [0, 0.05) is 19.5 Å². The number of rotatable bonds is 6. The topological polar surface area (TPSA) is 82.0 Å². The van der Waals surface area contributed by atoms with Crippen LogP contribution < -0.4 is 0 Å². The van der Waals surface area contributed by atoms with Crippen LogP contribution in [0, 0.1) is 0 Å². The summed E-state index contributed by atoms with van der Waals surface area (Å²) in [4.78, 5) is 37.2. The Bertz CT molecular complexity index is 422. The predicted octanol–water partition coefficient (Wildman–Crippen LogP) is 0.800. The first-order valence-electron chi connectivity index (χ1n) is 5.59. The number of hydrogen-bond acceptors (Lipinski definition) is 6. The lowest BCUT2D eigenvalue weighted by molar-refractivity contribution is -0.153. The van der Waals surface area contributed by atoms with E-state index in [1.165, 1.54) is 13.1 Å². The highest BCUT2D eigenvalue weighted by Crippen LogP contribution is 2.12. The van der Waals surface area contributed by atoms with Crippen molar-refractivity contribution in [3.05, 3.63) is 11.8 Å². The molecule has 0 saturated carbocycles. The minimum atomic E-state index is -0.648. The number of ether oxygens (including phenoxy) is 2. The SMILES string of the molecule is CCOC(=O)CC(=O)OCC1=CN=C(C(C)=O)C1. The molecule has 1 rings (SSSR count). The Balaban J connectivity index is 2.25. The van der Waals surface area contributed by atoms with Crippen LogP contribution in [0.25, 0.3) is 0 Å². The van der Waals surface area contributed by atoms with Crippen molar-refractivity contribution in [2.45, 2.75) is 26.7 Å². The van der Waals surface area contributed by atoms with Gasteiger partial charge < -0.3 is 9.47 Å². The molecule has 0 aromatic heterocycles. The molecule has 0 atom stereocenters. The van der Waals surface area contributed by atoms with Crippen LogP contribution in [-0.4, -0.2) is 36.6 Å². The molecule has 1 heterocycles. The highest BCUT2D eigenvalue weighted by molar-refractivity contribution is 6.40. The molecule has 1 aliphatic heterocycles. The molecule has 0 radical (unpaired) electrons. The molecular weight excluding hydrogens is 238 g/mol. The Morgan fingerprint density at radius 2 is 1.94 bits per heavy atom. The Labute approximate surface area is 105 Å². The number of esters is 2. The smallest absolute Gasteiger partial charge is 0.317 e. The van der Waals surface area contributed by atoms with Gasteiger partial charge in [-0.1, -0.05) is 0 Å². The van der Waals surface area contributed by atoms with E-state index in [-0.39, 0.29) is 19.0 Å². The lowest BCUT2D eigenvalue weighted by Gasteiger charge is -2.05. The normalized spacial score (nSPS) is 13.7. The van der Waals surface area contributed by atoms with E-state index < -0.39 is 18.4 Å². The van der Waals surface area contributed by atoms with Gasteiger partial charge in [0.05, 0.1) is 12.3 Å². The summed E-state index contributed by atoms with van der Waals surface area (Å²) in [6, 6.07) is 0. The Morgan fingerprint density at radius 1 is 1.28 bits per heavy atom. The fraction of sp³-hybridized carbons (Fsp3) is 0.500. The fourth-order valence-corrected chi connectivity index (χ4v) is 1.33. The van der Waals surface area contributed by atoms with Crippen LogP contribution >= 0.6 is 0 Å². The molecule has 18 heavy (non-hydrogen) atoms. The molecule has 0 amide bonds. The van der Waals surface area contributed by atoms with Gasteiger partial charge >= 0.3 is 11.9 Å². The molecule has 0 saturated heterocycles. The minimum absolute atomic E-state index is 0.0402. The number of nitrogens with zero attached hydrogens (tertiary/aromatic N) is 1. The molecule has 0 aromatic carbocycles. The molecular formula is C12H15NO5. The van der Waals surface area contributed by atoms with Crippen LogP contribution in [0.4, 0.5) is 0 Å². The van der Waals surface area contributed by atoms with E-state index in [0.717, 1.165) is 5.57 Å². The maximum absolute atomic E-state index is 11.2. The van der Waals surface area contributed by atoms with Gasteiger partial charge in [0.25, 0.3) is 0 Å². The molecule has 0 unspecified atom stereocenters. The van der Waals surface area contributed by atoms with E-state index >= 15 is 0 Å². The number of carbonyl (C=O) groups excluding carboxylic acids is 3. The van der Waals surface area contributed by atoms with Gasteiger partial charge in [-0.25, -0.2) is 0 Å². The molecule has 0 aromatic rings. The zero-order chi connectivity index (χ0) is 13.5. The minimum Gasteiger partial charge on any atom is -0.466 e. The van der Waals surface area contributed by atoms with Crippen LogP contribution in [0.5, 0.6) is 0 Å². The molecule has 0 fully saturated rings. The van der Waals surface area contributed by atoms with Crippen molar-refractivity contribution in [2.75, 3.05) is 13.2 Å². The molecule has 6 heteroatoms. The Hall–Kier alpha value is -1.98.